The van der Waals surface area contributed by atoms with E-state index in [2.05, 4.69) is 51.9 Å². The number of ether oxygens (including phenoxy) is 1. The molecule has 0 bridgehead atoms. The lowest BCUT2D eigenvalue weighted by molar-refractivity contribution is -0.257. The van der Waals surface area contributed by atoms with Crippen LogP contribution in [0.15, 0.2) is 53.4 Å². The van der Waals surface area contributed by atoms with Gasteiger partial charge in [0.1, 0.15) is 18.3 Å². The van der Waals surface area contributed by atoms with E-state index in [1.807, 2.05) is 16.7 Å². The molecule has 0 aliphatic carbocycles. The first-order chi connectivity index (χ1) is 20.0. The van der Waals surface area contributed by atoms with Crippen molar-refractivity contribution in [2.75, 3.05) is 44.7 Å². The number of nitrogens with one attached hydrogen (secondary N) is 1. The molecular formula is C30H37N5O6S. The molecule has 224 valence electrons. The summed E-state index contributed by atoms with van der Waals surface area (Å²) in [6.45, 7) is 5.15. The van der Waals surface area contributed by atoms with E-state index < -0.39 is 52.0 Å². The highest BCUT2D eigenvalue weighted by Crippen LogP contribution is 2.30. The number of benzene rings is 2. The Morgan fingerprint density at radius 2 is 1.71 bits per heavy atom. The number of anilines is 1. The van der Waals surface area contributed by atoms with E-state index in [9.17, 15) is 29.0 Å². The van der Waals surface area contributed by atoms with Gasteiger partial charge in [-0.25, -0.2) is 13.1 Å². The molecule has 12 heteroatoms. The number of nitrogens with zero attached hydrogens (tertiary/aromatic N) is 4. The Bertz CT molecular complexity index is 1620. The minimum absolute atomic E-state index is 0.435. The van der Waals surface area contributed by atoms with E-state index in [1.54, 1.807) is 19.2 Å². The molecule has 1 aromatic heterocycles. The standard InChI is InChI=1S/C30H37N5O6S/c1-19-28(36)29(37)27(41-30(19)38)18-32-42(39,40)25(17-31)16-23-8-9-26(34(23)3)22-5-4-21-15-24(7-6-20(21)14-22)35-12-10-33(2)11-13-35/h4-9,14-16,19,27-30,32,36-38H,10-13,18H2,1-3H3/b25-16+/t19-,27-,28-,29-,30?/m1/s1. The zero-order valence-corrected chi connectivity index (χ0v) is 24.7. The van der Waals surface area contributed by atoms with Crippen LogP contribution in [0.3, 0.4) is 0 Å². The van der Waals surface area contributed by atoms with Gasteiger partial charge in [0.15, 0.2) is 11.2 Å². The van der Waals surface area contributed by atoms with Crippen molar-refractivity contribution < 1.29 is 28.5 Å². The highest BCUT2D eigenvalue weighted by molar-refractivity contribution is 7.93. The molecule has 2 aliphatic rings. The molecular weight excluding hydrogens is 558 g/mol. The monoisotopic (exact) mass is 595 g/mol. The SMILES string of the molecule is C[C@H]1C(O)O[C@H](CNS(=O)(=O)/C(C#N)=C/c2ccc(-c3ccc4cc(N5CCN(C)CC5)ccc4c3)n2C)[C@@H](O)[C@@H]1O. The minimum atomic E-state index is -4.28. The predicted octanol–water partition coefficient (Wildman–Crippen LogP) is 1.46. The van der Waals surface area contributed by atoms with Gasteiger partial charge in [-0.3, -0.25) is 0 Å². The molecule has 11 nitrogen and oxygen atoms in total. The molecule has 0 saturated carbocycles. The third kappa shape index (κ3) is 6.09. The van der Waals surface area contributed by atoms with E-state index >= 15 is 0 Å². The number of hydrogen-bond acceptors (Lipinski definition) is 9. The first-order valence-corrected chi connectivity index (χ1v) is 15.4. The van der Waals surface area contributed by atoms with E-state index in [4.69, 9.17) is 4.74 Å². The maximum Gasteiger partial charge on any atom is 0.250 e. The van der Waals surface area contributed by atoms with Crippen molar-refractivity contribution in [1.29, 1.82) is 5.26 Å². The number of likely N-dealkylation sites (N-methyl/N-ethyl adjacent to an activating group) is 1. The zero-order chi connectivity index (χ0) is 30.2. The van der Waals surface area contributed by atoms with Crippen LogP contribution in [-0.2, 0) is 21.8 Å². The van der Waals surface area contributed by atoms with Gasteiger partial charge in [-0.15, -0.1) is 0 Å². The van der Waals surface area contributed by atoms with Crippen molar-refractivity contribution in [2.45, 2.75) is 31.5 Å². The summed E-state index contributed by atoms with van der Waals surface area (Å²) in [5, 5.41) is 42.2. The Morgan fingerprint density at radius 3 is 2.43 bits per heavy atom. The number of sulfonamides is 1. The second-order valence-corrected chi connectivity index (χ2v) is 12.9. The minimum Gasteiger partial charge on any atom is -0.390 e. The van der Waals surface area contributed by atoms with Gasteiger partial charge in [0.05, 0.1) is 6.10 Å². The van der Waals surface area contributed by atoms with Crippen LogP contribution < -0.4 is 9.62 Å². The molecule has 0 radical (unpaired) electrons. The van der Waals surface area contributed by atoms with E-state index in [0.717, 1.165) is 48.2 Å². The van der Waals surface area contributed by atoms with E-state index in [-0.39, 0.29) is 0 Å². The van der Waals surface area contributed by atoms with Gasteiger partial charge in [0.2, 0.25) is 0 Å². The van der Waals surface area contributed by atoms with Crippen LogP contribution in [0.2, 0.25) is 0 Å². The summed E-state index contributed by atoms with van der Waals surface area (Å²) in [5.74, 6) is -0.740. The summed E-state index contributed by atoms with van der Waals surface area (Å²) in [7, 11) is -0.346. The van der Waals surface area contributed by atoms with Gasteiger partial charge in [0, 0.05) is 62.8 Å². The molecule has 0 spiro atoms. The van der Waals surface area contributed by atoms with Crippen LogP contribution in [0.1, 0.15) is 12.6 Å². The Hall–Kier alpha value is -3.28. The Balaban J connectivity index is 1.33. The van der Waals surface area contributed by atoms with Crippen LogP contribution in [0.25, 0.3) is 28.1 Å². The number of allylic oxidation sites excluding steroid dienone is 1. The topological polar surface area (TPSA) is 151 Å². The number of fused-ring (bicyclic) bond motifs is 1. The smallest absolute Gasteiger partial charge is 0.250 e. The van der Waals surface area contributed by atoms with E-state index in [0.29, 0.717) is 5.69 Å². The van der Waals surface area contributed by atoms with Gasteiger partial charge >= 0.3 is 0 Å². The maximum atomic E-state index is 13.0. The zero-order valence-electron chi connectivity index (χ0n) is 23.9. The van der Waals surface area contributed by atoms with Crippen molar-refractivity contribution in [1.82, 2.24) is 14.2 Å². The molecule has 42 heavy (non-hydrogen) atoms. The summed E-state index contributed by atoms with van der Waals surface area (Å²) in [4.78, 5) is 4.20. The largest absolute Gasteiger partial charge is 0.390 e. The third-order valence-corrected chi connectivity index (χ3v) is 9.67. The second-order valence-electron chi connectivity index (χ2n) is 11.1. The Labute approximate surface area is 245 Å². The maximum absolute atomic E-state index is 13.0. The molecule has 5 atom stereocenters. The molecule has 2 fully saturated rings. The summed E-state index contributed by atoms with van der Waals surface area (Å²) in [6.07, 6.45) is -3.96. The summed E-state index contributed by atoms with van der Waals surface area (Å²) < 4.78 is 35.2. The number of hydrogen-bond donors (Lipinski definition) is 4. The molecule has 3 heterocycles. The first-order valence-electron chi connectivity index (χ1n) is 13.9. The van der Waals surface area contributed by atoms with Crippen LogP contribution in [-0.4, -0.2) is 97.6 Å². The lowest BCUT2D eigenvalue weighted by Gasteiger charge is -2.39. The van der Waals surface area contributed by atoms with Crippen molar-refractivity contribution in [2.24, 2.45) is 13.0 Å². The summed E-state index contributed by atoms with van der Waals surface area (Å²) in [6, 6.07) is 18.0. The number of aliphatic hydroxyl groups is 3. The number of piperazine rings is 1. The molecule has 1 unspecified atom stereocenters. The fraction of sp³-hybridized carbons (Fsp3) is 0.433. The fourth-order valence-electron chi connectivity index (χ4n) is 5.44. The second kappa shape index (κ2) is 12.1. The molecule has 3 aromatic rings. The first kappa shape index (κ1) is 30.2. The van der Waals surface area contributed by atoms with Gasteiger partial charge in [-0.1, -0.05) is 25.1 Å². The van der Waals surface area contributed by atoms with Gasteiger partial charge in [-0.05, 0) is 59.8 Å². The molecule has 2 aliphatic heterocycles. The Kier molecular flexibility index (Phi) is 8.73. The number of nitriles is 1. The van der Waals surface area contributed by atoms with Crippen LogP contribution >= 0.6 is 0 Å². The van der Waals surface area contributed by atoms with Gasteiger partial charge < -0.3 is 34.4 Å². The van der Waals surface area contributed by atoms with Gasteiger partial charge in [0.25, 0.3) is 10.0 Å². The van der Waals surface area contributed by atoms with Crippen molar-refractivity contribution in [3.8, 4) is 17.3 Å². The van der Waals surface area contributed by atoms with Crippen molar-refractivity contribution in [3.05, 3.63) is 59.1 Å². The lowest BCUT2D eigenvalue weighted by atomic mass is 9.92. The summed E-state index contributed by atoms with van der Waals surface area (Å²) >= 11 is 0. The quantitative estimate of drug-likeness (QED) is 0.298. The molecule has 4 N–H and O–H groups in total. The van der Waals surface area contributed by atoms with E-state index in [1.165, 1.54) is 18.7 Å². The average Bonchev–Trinajstić information content (AvgIpc) is 3.35. The van der Waals surface area contributed by atoms with Crippen LogP contribution in [0, 0.1) is 17.2 Å². The summed E-state index contributed by atoms with van der Waals surface area (Å²) in [5.41, 5.74) is 3.52. The predicted molar refractivity (Wildman–Crippen MR) is 161 cm³/mol. The fourth-order valence-corrected chi connectivity index (χ4v) is 6.38. The number of aromatic nitrogens is 1. The molecule has 2 saturated heterocycles. The highest BCUT2D eigenvalue weighted by Gasteiger charge is 2.41. The van der Waals surface area contributed by atoms with Crippen molar-refractivity contribution >= 4 is 32.6 Å². The number of rotatable bonds is 7. The molecule has 5 rings (SSSR count). The van der Waals surface area contributed by atoms with Crippen LogP contribution in [0.5, 0.6) is 0 Å². The molecule has 0 amide bonds. The third-order valence-electron chi connectivity index (χ3n) is 8.34. The lowest BCUT2D eigenvalue weighted by Crippen LogP contribution is -2.56. The number of aliphatic hydroxyl groups excluding tert-OH is 3. The Morgan fingerprint density at radius 1 is 1.02 bits per heavy atom. The highest BCUT2D eigenvalue weighted by atomic mass is 32.2. The van der Waals surface area contributed by atoms with Gasteiger partial charge in [-0.2, -0.15) is 5.26 Å². The average molecular weight is 596 g/mol. The van der Waals surface area contributed by atoms with Crippen molar-refractivity contribution in [3.63, 3.8) is 0 Å². The molecule has 2 aromatic carbocycles. The van der Waals surface area contributed by atoms with Crippen LogP contribution in [0.4, 0.5) is 5.69 Å². The normalized spacial score (nSPS) is 26.0.